The minimum absolute atomic E-state index is 0.0569. The highest BCUT2D eigenvalue weighted by Crippen LogP contribution is 2.08. The number of aromatic nitrogens is 4. The van der Waals surface area contributed by atoms with Gasteiger partial charge in [0, 0.05) is 18.3 Å². The van der Waals surface area contributed by atoms with Crippen LogP contribution in [0, 0.1) is 20.8 Å². The zero-order valence-corrected chi connectivity index (χ0v) is 9.20. The highest BCUT2D eigenvalue weighted by Gasteiger charge is 2.11. The van der Waals surface area contributed by atoms with Crippen molar-refractivity contribution < 1.29 is 0 Å². The van der Waals surface area contributed by atoms with Gasteiger partial charge in [-0.2, -0.15) is 0 Å². The van der Waals surface area contributed by atoms with Gasteiger partial charge in [-0.1, -0.05) is 0 Å². The van der Waals surface area contributed by atoms with Crippen molar-refractivity contribution in [2.24, 2.45) is 7.05 Å². The summed E-state index contributed by atoms with van der Waals surface area (Å²) in [6.45, 7) is 5.41. The van der Waals surface area contributed by atoms with E-state index >= 15 is 0 Å². The maximum atomic E-state index is 11.9. The Morgan fingerprint density at radius 3 is 2.47 bits per heavy atom. The van der Waals surface area contributed by atoms with Crippen molar-refractivity contribution in [2.75, 3.05) is 0 Å². The smallest absolute Gasteiger partial charge is 0.212 e. The molecule has 0 radical (unpaired) electrons. The zero-order chi connectivity index (χ0) is 11.2. The molecular weight excluding hydrogens is 192 g/mol. The third kappa shape index (κ3) is 1.31. The Kier molecular flexibility index (Phi) is 2.03. The summed E-state index contributed by atoms with van der Waals surface area (Å²) in [7, 11) is 1.86. The average Bonchev–Trinajstić information content (AvgIpc) is 2.23. The average molecular weight is 204 g/mol. The number of nitrogens with zero attached hydrogens (tertiary/aromatic N) is 4. The van der Waals surface area contributed by atoms with Gasteiger partial charge in [0.15, 0.2) is 11.2 Å². The Morgan fingerprint density at radius 1 is 1.13 bits per heavy atom. The summed E-state index contributed by atoms with van der Waals surface area (Å²) in [6.07, 6.45) is 0. The fourth-order valence-corrected chi connectivity index (χ4v) is 1.53. The first-order chi connectivity index (χ1) is 7.02. The molecule has 0 aliphatic rings. The number of pyridine rings is 1. The second-order valence-electron chi connectivity index (χ2n) is 3.63. The summed E-state index contributed by atoms with van der Waals surface area (Å²) in [6, 6.07) is 0. The molecule has 2 aromatic rings. The van der Waals surface area contributed by atoms with Crippen molar-refractivity contribution >= 4 is 11.2 Å². The summed E-state index contributed by atoms with van der Waals surface area (Å²) in [5, 5.41) is 7.85. The Labute approximate surface area is 86.8 Å². The van der Waals surface area contributed by atoms with Gasteiger partial charge >= 0.3 is 0 Å². The molecule has 0 aromatic carbocycles. The van der Waals surface area contributed by atoms with Crippen LogP contribution in [0.4, 0.5) is 0 Å². The number of fused-ring (bicyclic) bond motifs is 1. The molecule has 15 heavy (non-hydrogen) atoms. The van der Waals surface area contributed by atoms with Crippen LogP contribution in [-0.2, 0) is 7.05 Å². The van der Waals surface area contributed by atoms with E-state index in [-0.39, 0.29) is 5.43 Å². The molecule has 0 aliphatic heterocycles. The Bertz CT molecular complexity index is 600. The van der Waals surface area contributed by atoms with Gasteiger partial charge in [0.25, 0.3) is 0 Å². The third-order valence-corrected chi connectivity index (χ3v) is 2.69. The molecule has 0 aliphatic carbocycles. The highest BCUT2D eigenvalue weighted by atomic mass is 16.1. The number of rotatable bonds is 0. The standard InChI is InChI=1S/C10H12N4O/c1-5-6(2)14(4)10-8(9(5)15)11-7(3)12-13-10/h1-4H3. The van der Waals surface area contributed by atoms with Crippen LogP contribution in [0.2, 0.25) is 0 Å². The lowest BCUT2D eigenvalue weighted by molar-refractivity contribution is 0.826. The molecule has 0 fully saturated rings. The lowest BCUT2D eigenvalue weighted by atomic mass is 10.2. The van der Waals surface area contributed by atoms with Crippen molar-refractivity contribution in [3.8, 4) is 0 Å². The van der Waals surface area contributed by atoms with Crippen LogP contribution in [-0.4, -0.2) is 19.7 Å². The molecule has 0 bridgehead atoms. The molecule has 0 saturated carbocycles. The monoisotopic (exact) mass is 204 g/mol. The van der Waals surface area contributed by atoms with Crippen molar-refractivity contribution in [1.29, 1.82) is 0 Å². The van der Waals surface area contributed by atoms with Crippen molar-refractivity contribution in [1.82, 2.24) is 19.7 Å². The number of hydrogen-bond donors (Lipinski definition) is 0. The van der Waals surface area contributed by atoms with Crippen molar-refractivity contribution in [2.45, 2.75) is 20.8 Å². The minimum atomic E-state index is -0.0569. The molecule has 0 saturated heterocycles. The molecule has 5 heteroatoms. The summed E-state index contributed by atoms with van der Waals surface area (Å²) < 4.78 is 1.84. The van der Waals surface area contributed by atoms with Gasteiger partial charge in [-0.3, -0.25) is 4.79 Å². The lowest BCUT2D eigenvalue weighted by Gasteiger charge is -2.09. The maximum Gasteiger partial charge on any atom is 0.212 e. The molecule has 0 unspecified atom stereocenters. The van der Waals surface area contributed by atoms with Crippen molar-refractivity contribution in [3.05, 3.63) is 27.3 Å². The molecule has 2 aromatic heterocycles. The molecule has 78 valence electrons. The second kappa shape index (κ2) is 3.12. The predicted octanol–water partition coefficient (Wildman–Crippen LogP) is 0.649. The van der Waals surface area contributed by atoms with Gasteiger partial charge < -0.3 is 4.57 Å². The van der Waals surface area contributed by atoms with E-state index in [1.165, 1.54) is 0 Å². The van der Waals surface area contributed by atoms with Crippen LogP contribution in [0.3, 0.4) is 0 Å². The van der Waals surface area contributed by atoms with E-state index in [1.807, 2.05) is 18.5 Å². The number of hydrogen-bond acceptors (Lipinski definition) is 4. The van der Waals surface area contributed by atoms with Crippen LogP contribution in [0.1, 0.15) is 17.1 Å². The topological polar surface area (TPSA) is 60.7 Å². The van der Waals surface area contributed by atoms with Crippen LogP contribution in [0.5, 0.6) is 0 Å². The minimum Gasteiger partial charge on any atom is -0.330 e. The first kappa shape index (κ1) is 9.76. The van der Waals surface area contributed by atoms with Crippen LogP contribution in [0.25, 0.3) is 11.2 Å². The summed E-state index contributed by atoms with van der Waals surface area (Å²) in [5.74, 6) is 0.517. The molecule has 5 nitrogen and oxygen atoms in total. The van der Waals surface area contributed by atoms with Gasteiger partial charge in [0.05, 0.1) is 0 Å². The molecule has 0 amide bonds. The van der Waals surface area contributed by atoms with Gasteiger partial charge in [-0.25, -0.2) is 4.98 Å². The highest BCUT2D eigenvalue weighted by molar-refractivity contribution is 5.70. The second-order valence-corrected chi connectivity index (χ2v) is 3.63. The fourth-order valence-electron chi connectivity index (χ4n) is 1.53. The molecular formula is C10H12N4O. The molecule has 0 spiro atoms. The van der Waals surface area contributed by atoms with E-state index in [1.54, 1.807) is 13.8 Å². The van der Waals surface area contributed by atoms with Crippen molar-refractivity contribution in [3.63, 3.8) is 0 Å². The molecule has 2 rings (SSSR count). The zero-order valence-electron chi connectivity index (χ0n) is 9.20. The first-order valence-electron chi connectivity index (χ1n) is 4.69. The first-order valence-corrected chi connectivity index (χ1v) is 4.69. The normalized spacial score (nSPS) is 10.9. The van der Waals surface area contributed by atoms with E-state index in [9.17, 15) is 4.79 Å². The van der Waals surface area contributed by atoms with Gasteiger partial charge in [-0.15, -0.1) is 10.2 Å². The third-order valence-electron chi connectivity index (χ3n) is 2.69. The predicted molar refractivity (Wildman–Crippen MR) is 56.8 cm³/mol. The quantitative estimate of drug-likeness (QED) is 0.632. The summed E-state index contributed by atoms with van der Waals surface area (Å²) in [5.41, 5.74) is 2.48. The van der Waals surface area contributed by atoms with E-state index in [0.717, 1.165) is 5.69 Å². The van der Waals surface area contributed by atoms with E-state index < -0.39 is 0 Å². The molecule has 2 heterocycles. The van der Waals surface area contributed by atoms with E-state index in [2.05, 4.69) is 15.2 Å². The molecule has 0 atom stereocenters. The Balaban J connectivity index is 3.08. The Morgan fingerprint density at radius 2 is 1.80 bits per heavy atom. The Hall–Kier alpha value is -1.78. The maximum absolute atomic E-state index is 11.9. The van der Waals surface area contributed by atoms with E-state index in [0.29, 0.717) is 22.6 Å². The fraction of sp³-hybridized carbons (Fsp3) is 0.400. The van der Waals surface area contributed by atoms with Gasteiger partial charge in [-0.05, 0) is 20.8 Å². The SMILES string of the molecule is Cc1nnc2c(n1)c(=O)c(C)c(C)n2C. The lowest BCUT2D eigenvalue weighted by Crippen LogP contribution is -2.17. The molecule has 0 N–H and O–H groups in total. The van der Waals surface area contributed by atoms with Crippen LogP contribution in [0.15, 0.2) is 4.79 Å². The number of aryl methyl sites for hydroxylation is 2. The summed E-state index contributed by atoms with van der Waals surface area (Å²) >= 11 is 0. The van der Waals surface area contributed by atoms with Gasteiger partial charge in [0.1, 0.15) is 5.82 Å². The largest absolute Gasteiger partial charge is 0.330 e. The van der Waals surface area contributed by atoms with Crippen LogP contribution < -0.4 is 5.43 Å². The van der Waals surface area contributed by atoms with E-state index in [4.69, 9.17) is 0 Å². The summed E-state index contributed by atoms with van der Waals surface area (Å²) in [4.78, 5) is 16.0. The van der Waals surface area contributed by atoms with Crippen LogP contribution >= 0.6 is 0 Å². The van der Waals surface area contributed by atoms with Gasteiger partial charge in [0.2, 0.25) is 5.43 Å².